The lowest BCUT2D eigenvalue weighted by atomic mass is 9.98. The van der Waals surface area contributed by atoms with E-state index >= 15 is 0 Å². The van der Waals surface area contributed by atoms with E-state index in [9.17, 15) is 56.3 Å². The van der Waals surface area contributed by atoms with Gasteiger partial charge in [0.2, 0.25) is 53.2 Å². The summed E-state index contributed by atoms with van der Waals surface area (Å²) in [6.45, 7) is 6.95. The molecule has 1 aliphatic heterocycles. The number of likely N-dealkylation sites (tertiary alicyclic amines) is 1. The molecule has 1 fully saturated rings. The molecule has 0 bridgehead atoms. The number of alkyl halides is 3. The number of nitrogens with one attached hydrogen (secondary N) is 5. The van der Waals surface area contributed by atoms with E-state index in [1.54, 1.807) is 6.92 Å². The maximum atomic E-state index is 13.7. The molecule has 0 radical (unpaired) electrons. The van der Waals surface area contributed by atoms with Crippen molar-refractivity contribution in [1.29, 1.82) is 0 Å². The molecule has 0 aromatic rings. The van der Waals surface area contributed by atoms with Crippen molar-refractivity contribution in [3.8, 4) is 0 Å². The lowest BCUT2D eigenvalue weighted by molar-refractivity contribution is -0.192. The van der Waals surface area contributed by atoms with E-state index in [0.717, 1.165) is 0 Å². The van der Waals surface area contributed by atoms with E-state index in [-0.39, 0.29) is 49.8 Å². The normalized spacial score (nSPS) is 16.8. The molecule has 9 amide bonds. The van der Waals surface area contributed by atoms with Crippen LogP contribution in [0, 0.1) is 11.8 Å². The zero-order valence-corrected chi connectivity index (χ0v) is 33.5. The van der Waals surface area contributed by atoms with Crippen LogP contribution < -0.4 is 49.5 Å². The van der Waals surface area contributed by atoms with Gasteiger partial charge < -0.3 is 59.5 Å². The highest BCUT2D eigenvalue weighted by atomic mass is 32.1. The van der Waals surface area contributed by atoms with E-state index in [4.69, 9.17) is 32.8 Å². The number of aliphatic carboxylic acids is 1. The molecule has 0 saturated carbocycles. The second kappa shape index (κ2) is 25.2. The zero-order valence-electron chi connectivity index (χ0n) is 32.6. The molecule has 0 aromatic heterocycles. The quantitative estimate of drug-likeness (QED) is 0.0476. The van der Waals surface area contributed by atoms with Crippen LogP contribution in [-0.2, 0) is 47.9 Å². The second-order valence-corrected chi connectivity index (χ2v) is 14.2. The van der Waals surface area contributed by atoms with Crippen LogP contribution in [0.2, 0.25) is 0 Å². The number of carbonyl (C=O) groups excluding carboxylic acids is 9. The van der Waals surface area contributed by atoms with Crippen molar-refractivity contribution < 1.29 is 66.2 Å². The summed E-state index contributed by atoms with van der Waals surface area (Å²) in [6, 6.07) is -7.32. The molecule has 25 heteroatoms. The van der Waals surface area contributed by atoms with Crippen molar-refractivity contribution in [2.75, 3.05) is 18.8 Å². The highest BCUT2D eigenvalue weighted by molar-refractivity contribution is 7.80. The Morgan fingerprint density at radius 2 is 1.33 bits per heavy atom. The first-order valence-corrected chi connectivity index (χ1v) is 18.7. The van der Waals surface area contributed by atoms with Gasteiger partial charge in [-0.2, -0.15) is 25.8 Å². The number of rotatable bonds is 22. The summed E-state index contributed by atoms with van der Waals surface area (Å²) in [6.07, 6.45) is -4.85. The largest absolute Gasteiger partial charge is 0.490 e. The summed E-state index contributed by atoms with van der Waals surface area (Å²) in [5.41, 5.74) is 21.7. The monoisotopic (exact) mass is 856 g/mol. The van der Waals surface area contributed by atoms with Crippen LogP contribution in [0.1, 0.15) is 72.6 Å². The molecule has 0 aliphatic carbocycles. The predicted octanol–water partition coefficient (Wildman–Crippen LogP) is -3.36. The van der Waals surface area contributed by atoms with E-state index in [1.165, 1.54) is 4.90 Å². The third-order valence-electron chi connectivity index (χ3n) is 8.57. The smallest absolute Gasteiger partial charge is 0.475 e. The van der Waals surface area contributed by atoms with E-state index in [1.807, 2.05) is 20.8 Å². The van der Waals surface area contributed by atoms with Gasteiger partial charge in [-0.05, 0) is 37.5 Å². The molecule has 1 rings (SSSR count). The molecule has 0 aromatic carbocycles. The Balaban J connectivity index is 0.00000422. The van der Waals surface area contributed by atoms with Crippen LogP contribution in [-0.4, -0.2) is 130 Å². The number of hydrogen-bond donors (Lipinski definition) is 11. The summed E-state index contributed by atoms with van der Waals surface area (Å²) in [7, 11) is 0. The molecule has 330 valence electrons. The predicted molar refractivity (Wildman–Crippen MR) is 201 cm³/mol. The fourth-order valence-electron chi connectivity index (χ4n) is 5.25. The first kappa shape index (κ1) is 52.8. The van der Waals surface area contributed by atoms with Crippen LogP contribution >= 0.6 is 12.6 Å². The van der Waals surface area contributed by atoms with Crippen LogP contribution in [0.25, 0.3) is 0 Å². The summed E-state index contributed by atoms with van der Waals surface area (Å²) >= 11 is 4.20. The van der Waals surface area contributed by atoms with Gasteiger partial charge in [0.1, 0.15) is 30.2 Å². The molecule has 0 unspecified atom stereocenters. The Labute approximate surface area is 337 Å². The maximum Gasteiger partial charge on any atom is 0.490 e. The minimum absolute atomic E-state index is 0.0226. The topological polar surface area (TPSA) is 358 Å². The van der Waals surface area contributed by atoms with Gasteiger partial charge in [-0.25, -0.2) is 4.79 Å². The van der Waals surface area contributed by atoms with Crippen LogP contribution in [0.3, 0.4) is 0 Å². The number of thiol groups is 1. The minimum atomic E-state index is -5.08. The summed E-state index contributed by atoms with van der Waals surface area (Å²) in [5, 5.41) is 19.4. The molecule has 1 saturated heterocycles. The summed E-state index contributed by atoms with van der Waals surface area (Å²) in [5.74, 6) is -10.3. The fraction of sp³-hybridized carbons (Fsp3) is 0.697. The number of nitrogens with zero attached hydrogens (tertiary/aromatic N) is 1. The number of carboxylic acids is 1. The van der Waals surface area contributed by atoms with Crippen LogP contribution in [0.15, 0.2) is 0 Å². The van der Waals surface area contributed by atoms with Crippen molar-refractivity contribution in [1.82, 2.24) is 31.5 Å². The average molecular weight is 857 g/mol. The van der Waals surface area contributed by atoms with Crippen molar-refractivity contribution in [2.45, 2.75) is 115 Å². The van der Waals surface area contributed by atoms with Crippen molar-refractivity contribution >= 4 is 71.8 Å². The fourth-order valence-corrected chi connectivity index (χ4v) is 5.50. The van der Waals surface area contributed by atoms with E-state index in [0.29, 0.717) is 12.8 Å². The highest BCUT2D eigenvalue weighted by Gasteiger charge is 2.40. The standard InChI is InChI=1S/C31H54N10O9S.C2HF3O2/c1-5-16(4)25(35)30(49)37-17(8-9-22(32)42)27(46)38-19(12-23(33)43)28(47)40-20(14-51)31(50)41-10-6-7-21(41)29(48)39-18(11-15(2)3)26(45)36-13-24(34)44;3-2(4,5)1(6)7/h15-21,25,51H,5-14,35H2,1-4H3,(H2,32,42)(H2,33,43)(H2,34,44)(H,36,45)(H,37,49)(H,38,46)(H,39,48)(H,40,47);(H,6,7)/t16-,17-,18-,19-,20-,21-,25-;/m0./s1. The maximum absolute atomic E-state index is 13.7. The third kappa shape index (κ3) is 19.3. The molecular weight excluding hydrogens is 801 g/mol. The van der Waals surface area contributed by atoms with Gasteiger partial charge in [0.05, 0.1) is 19.0 Å². The Morgan fingerprint density at radius 3 is 1.79 bits per heavy atom. The first-order valence-electron chi connectivity index (χ1n) is 18.1. The van der Waals surface area contributed by atoms with Gasteiger partial charge in [-0.15, -0.1) is 0 Å². The van der Waals surface area contributed by atoms with Gasteiger partial charge >= 0.3 is 12.1 Å². The molecule has 58 heavy (non-hydrogen) atoms. The Hall–Kier alpha value is -5.20. The number of hydrogen-bond acceptors (Lipinski definition) is 12. The van der Waals surface area contributed by atoms with Gasteiger partial charge in [0.25, 0.3) is 0 Å². The first-order chi connectivity index (χ1) is 26.8. The lowest BCUT2D eigenvalue weighted by Gasteiger charge is -2.30. The molecule has 7 atom stereocenters. The Morgan fingerprint density at radius 1 is 0.793 bits per heavy atom. The second-order valence-electron chi connectivity index (χ2n) is 13.8. The van der Waals surface area contributed by atoms with Gasteiger partial charge in [0, 0.05) is 18.7 Å². The van der Waals surface area contributed by atoms with Crippen LogP contribution in [0.4, 0.5) is 13.2 Å². The van der Waals surface area contributed by atoms with E-state index in [2.05, 4.69) is 39.2 Å². The number of halogens is 3. The number of primary amides is 3. The number of nitrogens with two attached hydrogens (primary N) is 4. The number of amides is 9. The Bertz CT molecular complexity index is 1500. The van der Waals surface area contributed by atoms with Gasteiger partial charge in [-0.1, -0.05) is 34.1 Å². The van der Waals surface area contributed by atoms with Crippen molar-refractivity contribution in [3.63, 3.8) is 0 Å². The summed E-state index contributed by atoms with van der Waals surface area (Å²) in [4.78, 5) is 124. The zero-order chi connectivity index (χ0) is 45.1. The molecule has 21 nitrogen and oxygen atoms in total. The SMILES string of the molecule is CC[C@H](C)[C@H](N)C(=O)N[C@@H](CCC(N)=O)C(=O)N[C@@H](CC(N)=O)C(=O)N[C@@H](CS)C(=O)N1CCC[C@H]1C(=O)N[C@@H](CC(C)C)C(=O)NCC(N)=O.O=C(O)C(F)(F)F. The molecule has 0 spiro atoms. The lowest BCUT2D eigenvalue weighted by Crippen LogP contribution is -2.60. The van der Waals surface area contributed by atoms with Crippen molar-refractivity contribution in [3.05, 3.63) is 0 Å². The molecule has 1 heterocycles. The Kier molecular flexibility index (Phi) is 23.0. The van der Waals surface area contributed by atoms with Gasteiger partial charge in [-0.3, -0.25) is 43.2 Å². The number of carboxylic acid groups (broad SMARTS) is 1. The molecule has 1 aliphatic rings. The third-order valence-corrected chi connectivity index (χ3v) is 8.93. The van der Waals surface area contributed by atoms with Gasteiger partial charge in [0.15, 0.2) is 0 Å². The minimum Gasteiger partial charge on any atom is -0.475 e. The van der Waals surface area contributed by atoms with Crippen LogP contribution in [0.5, 0.6) is 0 Å². The number of carbonyl (C=O) groups is 10. The summed E-state index contributed by atoms with van der Waals surface area (Å²) < 4.78 is 31.7. The average Bonchev–Trinajstić information content (AvgIpc) is 3.62. The molecule has 14 N–H and O–H groups in total. The van der Waals surface area contributed by atoms with Crippen molar-refractivity contribution in [2.24, 2.45) is 34.8 Å². The highest BCUT2D eigenvalue weighted by Crippen LogP contribution is 2.20. The van der Waals surface area contributed by atoms with E-state index < -0.39 is 115 Å². The molecular formula is C33H55F3N10O11S.